The Morgan fingerprint density at radius 2 is 2.03 bits per heavy atom. The largest absolute Gasteiger partial charge is 0.431 e. The SMILES string of the molecule is COCCN1C[C@@H]2[C@H](C1)[C@@H]2n1cc(-c2cnc(N)c(OC(F)F)c2)nc1CC1CC1. The maximum Gasteiger partial charge on any atom is 0.387 e. The molecule has 9 heteroatoms. The van der Waals surface area contributed by atoms with Crippen molar-refractivity contribution in [3.63, 3.8) is 0 Å². The normalized spacial score (nSPS) is 25.7. The first-order valence-corrected chi connectivity index (χ1v) is 10.5. The fraction of sp³-hybridized carbons (Fsp3) is 0.619. The van der Waals surface area contributed by atoms with Crippen LogP contribution in [0.4, 0.5) is 14.6 Å². The van der Waals surface area contributed by atoms with Gasteiger partial charge in [0.1, 0.15) is 5.82 Å². The maximum atomic E-state index is 12.7. The number of nitrogen functional groups attached to an aromatic ring is 1. The number of methoxy groups -OCH3 is 1. The monoisotopic (exact) mass is 419 g/mol. The zero-order valence-electron chi connectivity index (χ0n) is 17.0. The van der Waals surface area contributed by atoms with Crippen LogP contribution in [0, 0.1) is 17.8 Å². The van der Waals surface area contributed by atoms with Crippen molar-refractivity contribution in [2.24, 2.45) is 17.8 Å². The smallest absolute Gasteiger partial charge is 0.387 e. The van der Waals surface area contributed by atoms with Crippen molar-refractivity contribution in [3.05, 3.63) is 24.3 Å². The minimum absolute atomic E-state index is 0.0513. The first-order valence-electron chi connectivity index (χ1n) is 10.5. The molecule has 2 aromatic heterocycles. The van der Waals surface area contributed by atoms with Crippen LogP contribution in [-0.2, 0) is 11.2 Å². The van der Waals surface area contributed by atoms with Gasteiger partial charge in [0.2, 0.25) is 0 Å². The summed E-state index contributed by atoms with van der Waals surface area (Å²) in [5.41, 5.74) is 7.06. The zero-order valence-corrected chi connectivity index (χ0v) is 17.0. The second-order valence-corrected chi connectivity index (χ2v) is 8.65. The third-order valence-electron chi connectivity index (χ3n) is 6.53. The highest BCUT2D eigenvalue weighted by Gasteiger charge is 2.57. The highest BCUT2D eigenvalue weighted by molar-refractivity contribution is 5.63. The van der Waals surface area contributed by atoms with E-state index in [1.54, 1.807) is 13.3 Å². The van der Waals surface area contributed by atoms with Gasteiger partial charge in [-0.15, -0.1) is 0 Å². The van der Waals surface area contributed by atoms with Gasteiger partial charge in [0.25, 0.3) is 0 Å². The van der Waals surface area contributed by atoms with Crippen molar-refractivity contribution >= 4 is 5.82 Å². The van der Waals surface area contributed by atoms with E-state index in [9.17, 15) is 8.78 Å². The third-order valence-corrected chi connectivity index (χ3v) is 6.53. The molecule has 162 valence electrons. The molecule has 0 unspecified atom stereocenters. The fourth-order valence-electron chi connectivity index (χ4n) is 4.74. The Balaban J connectivity index is 1.38. The van der Waals surface area contributed by atoms with E-state index >= 15 is 0 Å². The Labute approximate surface area is 174 Å². The molecule has 0 amide bonds. The Bertz CT molecular complexity index is 905. The molecule has 0 bridgehead atoms. The third kappa shape index (κ3) is 3.88. The summed E-state index contributed by atoms with van der Waals surface area (Å²) in [4.78, 5) is 11.4. The van der Waals surface area contributed by atoms with Gasteiger partial charge in [0, 0.05) is 57.2 Å². The number of aromatic nitrogens is 3. The maximum absolute atomic E-state index is 12.7. The Kier molecular flexibility index (Phi) is 5.10. The number of likely N-dealkylation sites (tertiary alicyclic amines) is 1. The average Bonchev–Trinajstić information content (AvgIpc) is 3.56. The number of halogens is 2. The van der Waals surface area contributed by atoms with Crippen molar-refractivity contribution in [1.29, 1.82) is 0 Å². The van der Waals surface area contributed by atoms with Crippen LogP contribution in [0.5, 0.6) is 5.75 Å². The highest BCUT2D eigenvalue weighted by Crippen LogP contribution is 2.56. The van der Waals surface area contributed by atoms with E-state index in [1.807, 2.05) is 0 Å². The summed E-state index contributed by atoms with van der Waals surface area (Å²) in [5.74, 6) is 2.91. The van der Waals surface area contributed by atoms with Gasteiger partial charge >= 0.3 is 6.61 Å². The summed E-state index contributed by atoms with van der Waals surface area (Å²) in [7, 11) is 1.74. The number of piperidine rings is 1. The molecule has 2 N–H and O–H groups in total. The topological polar surface area (TPSA) is 78.4 Å². The van der Waals surface area contributed by atoms with Crippen molar-refractivity contribution in [3.8, 4) is 17.0 Å². The van der Waals surface area contributed by atoms with Gasteiger partial charge in [0.05, 0.1) is 12.3 Å². The number of pyridine rings is 1. The highest BCUT2D eigenvalue weighted by atomic mass is 19.3. The molecule has 3 heterocycles. The van der Waals surface area contributed by atoms with Crippen LogP contribution in [0.3, 0.4) is 0 Å². The summed E-state index contributed by atoms with van der Waals surface area (Å²) >= 11 is 0. The van der Waals surface area contributed by atoms with Crippen molar-refractivity contribution < 1.29 is 18.3 Å². The second-order valence-electron chi connectivity index (χ2n) is 8.65. The number of anilines is 1. The molecule has 3 aliphatic rings. The molecular weight excluding hydrogens is 392 g/mol. The first kappa shape index (κ1) is 19.7. The first-order chi connectivity index (χ1) is 14.5. The number of hydrogen-bond acceptors (Lipinski definition) is 6. The minimum atomic E-state index is -2.95. The number of fused-ring (bicyclic) bond motifs is 1. The van der Waals surface area contributed by atoms with Gasteiger partial charge in [-0.2, -0.15) is 8.78 Å². The molecular formula is C21H27F2N5O2. The molecule has 3 fully saturated rings. The Morgan fingerprint density at radius 3 is 2.70 bits per heavy atom. The molecule has 0 aromatic carbocycles. The van der Waals surface area contributed by atoms with E-state index in [0.29, 0.717) is 29.4 Å². The van der Waals surface area contributed by atoms with E-state index in [1.165, 1.54) is 18.9 Å². The van der Waals surface area contributed by atoms with Crippen LogP contribution in [0.2, 0.25) is 0 Å². The fourth-order valence-corrected chi connectivity index (χ4v) is 4.74. The number of nitrogens with two attached hydrogens (primary N) is 1. The van der Waals surface area contributed by atoms with Crippen molar-refractivity contribution in [2.75, 3.05) is 39.1 Å². The van der Waals surface area contributed by atoms with Gasteiger partial charge in [-0.25, -0.2) is 9.97 Å². The molecule has 2 saturated carbocycles. The molecule has 3 atom stereocenters. The van der Waals surface area contributed by atoms with E-state index in [4.69, 9.17) is 15.5 Å². The van der Waals surface area contributed by atoms with Crippen molar-refractivity contribution in [2.45, 2.75) is 31.9 Å². The van der Waals surface area contributed by atoms with Crippen LogP contribution in [-0.4, -0.2) is 59.4 Å². The zero-order chi connectivity index (χ0) is 20.8. The van der Waals surface area contributed by atoms with E-state index in [-0.39, 0.29) is 11.6 Å². The Morgan fingerprint density at radius 1 is 1.27 bits per heavy atom. The van der Waals surface area contributed by atoms with Gasteiger partial charge in [0.15, 0.2) is 11.6 Å². The van der Waals surface area contributed by atoms with Gasteiger partial charge in [-0.1, -0.05) is 0 Å². The summed E-state index contributed by atoms with van der Waals surface area (Å²) in [5, 5.41) is 0. The lowest BCUT2D eigenvalue weighted by Gasteiger charge is -2.20. The number of hydrogen-bond donors (Lipinski definition) is 1. The summed E-state index contributed by atoms with van der Waals surface area (Å²) in [6.45, 7) is 0.971. The quantitative estimate of drug-likeness (QED) is 0.674. The summed E-state index contributed by atoms with van der Waals surface area (Å²) < 4.78 is 37.4. The standard InChI is InChI=1S/C21H27F2N5O2/c1-29-5-4-27-9-14-15(10-27)19(14)28-11-16(26-18(28)6-12-2-3-12)13-7-17(30-21(22)23)20(24)25-8-13/h7-8,11-12,14-15,19,21H,2-6,9-10H2,1H3,(H2,24,25)/t14-,15+,19-. The van der Waals surface area contributed by atoms with Crippen LogP contribution in [0.15, 0.2) is 18.5 Å². The minimum Gasteiger partial charge on any atom is -0.431 e. The lowest BCUT2D eigenvalue weighted by molar-refractivity contribution is -0.0494. The number of alkyl halides is 2. The molecule has 1 saturated heterocycles. The van der Waals surface area contributed by atoms with Gasteiger partial charge in [-0.05, 0) is 36.7 Å². The van der Waals surface area contributed by atoms with Crippen LogP contribution >= 0.6 is 0 Å². The van der Waals surface area contributed by atoms with Crippen LogP contribution in [0.1, 0.15) is 24.7 Å². The van der Waals surface area contributed by atoms with E-state index in [0.717, 1.165) is 44.2 Å². The average molecular weight is 419 g/mol. The summed E-state index contributed by atoms with van der Waals surface area (Å²) in [6, 6.07) is 1.97. The van der Waals surface area contributed by atoms with E-state index in [2.05, 4.69) is 25.4 Å². The predicted octanol–water partition coefficient (Wildman–Crippen LogP) is 2.83. The number of rotatable bonds is 9. The van der Waals surface area contributed by atoms with Gasteiger partial charge in [-0.3, -0.25) is 0 Å². The molecule has 1 aliphatic heterocycles. The van der Waals surface area contributed by atoms with Crippen LogP contribution < -0.4 is 10.5 Å². The molecule has 0 spiro atoms. The second kappa shape index (κ2) is 7.77. The predicted molar refractivity (Wildman–Crippen MR) is 107 cm³/mol. The molecule has 5 rings (SSSR count). The van der Waals surface area contributed by atoms with Gasteiger partial charge < -0.3 is 24.7 Å². The van der Waals surface area contributed by atoms with E-state index < -0.39 is 6.61 Å². The molecule has 2 aromatic rings. The number of nitrogens with zero attached hydrogens (tertiary/aromatic N) is 4. The molecule has 2 aliphatic carbocycles. The number of ether oxygens (including phenoxy) is 2. The Hall–Kier alpha value is -2.26. The lowest BCUT2D eigenvalue weighted by Crippen LogP contribution is -2.28. The lowest BCUT2D eigenvalue weighted by atomic mass is 10.2. The molecule has 30 heavy (non-hydrogen) atoms. The number of imidazole rings is 1. The summed E-state index contributed by atoms with van der Waals surface area (Å²) in [6.07, 6.45) is 7.09. The van der Waals surface area contributed by atoms with Crippen LogP contribution in [0.25, 0.3) is 11.3 Å². The van der Waals surface area contributed by atoms with Crippen molar-refractivity contribution in [1.82, 2.24) is 19.4 Å². The molecule has 7 nitrogen and oxygen atoms in total. The molecule has 0 radical (unpaired) electrons.